The van der Waals surface area contributed by atoms with Crippen LogP contribution in [0.5, 0.6) is 0 Å². The smallest absolute Gasteiger partial charge is 0.226 e. The average Bonchev–Trinajstić information content (AvgIpc) is 3.52. The Balaban J connectivity index is 1.23. The van der Waals surface area contributed by atoms with Crippen LogP contribution in [-0.4, -0.2) is 68.4 Å². The van der Waals surface area contributed by atoms with Gasteiger partial charge in [-0.25, -0.2) is 9.37 Å². The predicted molar refractivity (Wildman–Crippen MR) is 124 cm³/mol. The molecule has 1 aromatic carbocycles. The average molecular weight is 502 g/mol. The summed E-state index contributed by atoms with van der Waals surface area (Å²) in [6.45, 7) is 4.91. The van der Waals surface area contributed by atoms with Crippen molar-refractivity contribution in [2.75, 3.05) is 24.6 Å². The minimum absolute atomic E-state index is 0.0828. The first-order chi connectivity index (χ1) is 16.8. The van der Waals surface area contributed by atoms with E-state index in [1.807, 2.05) is 19.9 Å². The summed E-state index contributed by atoms with van der Waals surface area (Å²) in [7, 11) is 0. The molecule has 1 spiro atoms. The number of ether oxygens (including phenoxy) is 3. The summed E-state index contributed by atoms with van der Waals surface area (Å²) in [5, 5.41) is 9.94. The van der Waals surface area contributed by atoms with Crippen LogP contribution in [-0.2, 0) is 26.0 Å². The molecule has 4 aliphatic rings. The molecule has 184 valence electrons. The van der Waals surface area contributed by atoms with Crippen LogP contribution in [0, 0.1) is 5.82 Å². The molecule has 5 heterocycles. The number of aromatic nitrogens is 4. The Bertz CT molecular complexity index is 1340. The van der Waals surface area contributed by atoms with Crippen LogP contribution in [0.2, 0.25) is 5.28 Å². The Hall–Kier alpha value is -2.37. The van der Waals surface area contributed by atoms with Crippen LogP contribution < -0.4 is 4.90 Å². The lowest BCUT2D eigenvalue weighted by Gasteiger charge is -2.49. The fourth-order valence-corrected chi connectivity index (χ4v) is 6.44. The maximum absolute atomic E-state index is 14.3. The first-order valence-corrected chi connectivity index (χ1v) is 12.2. The molecule has 2 unspecified atom stereocenters. The minimum Gasteiger partial charge on any atom is -0.394 e. The van der Waals surface area contributed by atoms with Gasteiger partial charge in [0.25, 0.3) is 0 Å². The van der Waals surface area contributed by atoms with Gasteiger partial charge >= 0.3 is 0 Å². The third kappa shape index (κ3) is 3.10. The summed E-state index contributed by atoms with van der Waals surface area (Å²) < 4.78 is 34.3. The summed E-state index contributed by atoms with van der Waals surface area (Å²) in [4.78, 5) is 15.7. The standard InChI is InChI=1S/C24H25ClFN5O4/c1-23(2)34-17-15(8-32)33-21(18(17)35-23)31-11-27-16-19(28-22(25)29-20(16)31)30-9-24(10-30)7-6-12-13(24)4-3-5-14(12)26/h3-5,11,15,17-18,21,32H,6-10H2,1-2H3/t15-,17?,18?,21-/m1/s1. The Morgan fingerprint density at radius 2 is 2.00 bits per heavy atom. The summed E-state index contributed by atoms with van der Waals surface area (Å²) in [6, 6.07) is 5.36. The van der Waals surface area contributed by atoms with Crippen molar-refractivity contribution in [2.24, 2.45) is 0 Å². The zero-order valence-corrected chi connectivity index (χ0v) is 20.1. The lowest BCUT2D eigenvalue weighted by molar-refractivity contribution is -0.199. The van der Waals surface area contributed by atoms with Crippen molar-refractivity contribution in [1.29, 1.82) is 0 Å². The maximum Gasteiger partial charge on any atom is 0.226 e. The van der Waals surface area contributed by atoms with Crippen molar-refractivity contribution in [3.8, 4) is 0 Å². The highest BCUT2D eigenvalue weighted by atomic mass is 35.5. The van der Waals surface area contributed by atoms with Gasteiger partial charge in [0.2, 0.25) is 5.28 Å². The van der Waals surface area contributed by atoms with E-state index < -0.39 is 30.3 Å². The molecule has 3 fully saturated rings. The SMILES string of the molecule is CC1(C)OC2C(O1)[C@@H](CO)O[C@H]2n1cnc2c(N3CC4(CCc5c(F)cccc54)C3)nc(Cl)nc21. The van der Waals surface area contributed by atoms with Crippen molar-refractivity contribution < 1.29 is 23.7 Å². The van der Waals surface area contributed by atoms with Gasteiger partial charge in [-0.2, -0.15) is 9.97 Å². The second-order valence-corrected chi connectivity index (χ2v) is 10.7. The molecule has 0 radical (unpaired) electrons. The number of aliphatic hydroxyl groups is 1. The van der Waals surface area contributed by atoms with Crippen LogP contribution in [0.1, 0.15) is 37.6 Å². The molecule has 3 saturated heterocycles. The van der Waals surface area contributed by atoms with E-state index in [0.717, 1.165) is 24.0 Å². The molecule has 3 aromatic rings. The third-order valence-electron chi connectivity index (χ3n) is 7.79. The lowest BCUT2D eigenvalue weighted by atomic mass is 9.75. The third-order valence-corrected chi connectivity index (χ3v) is 7.95. The molecule has 2 aromatic heterocycles. The number of anilines is 1. The fraction of sp³-hybridized carbons (Fsp3) is 0.542. The summed E-state index contributed by atoms with van der Waals surface area (Å²) in [6.07, 6.45) is 1.34. The van der Waals surface area contributed by atoms with E-state index in [1.165, 1.54) is 6.07 Å². The molecule has 7 rings (SSSR count). The molecule has 0 bridgehead atoms. The van der Waals surface area contributed by atoms with Crippen molar-refractivity contribution in [3.63, 3.8) is 0 Å². The molecule has 3 aliphatic heterocycles. The monoisotopic (exact) mass is 501 g/mol. The predicted octanol–water partition coefficient (Wildman–Crippen LogP) is 2.73. The van der Waals surface area contributed by atoms with Gasteiger partial charge in [0.15, 0.2) is 29.0 Å². The molecule has 0 amide bonds. The Morgan fingerprint density at radius 3 is 2.80 bits per heavy atom. The minimum atomic E-state index is -0.790. The van der Waals surface area contributed by atoms with Gasteiger partial charge in [-0.15, -0.1) is 0 Å². The zero-order chi connectivity index (χ0) is 24.1. The van der Waals surface area contributed by atoms with Crippen LogP contribution in [0.3, 0.4) is 0 Å². The number of imidazole rings is 1. The van der Waals surface area contributed by atoms with Crippen molar-refractivity contribution in [3.05, 3.63) is 46.8 Å². The van der Waals surface area contributed by atoms with E-state index in [2.05, 4.69) is 19.9 Å². The van der Waals surface area contributed by atoms with Crippen molar-refractivity contribution in [2.45, 2.75) is 62.4 Å². The molecule has 11 heteroatoms. The topological polar surface area (TPSA) is 94.8 Å². The van der Waals surface area contributed by atoms with Crippen molar-refractivity contribution >= 4 is 28.6 Å². The number of rotatable bonds is 3. The molecular formula is C24H25ClFN5O4. The number of halogens is 2. The van der Waals surface area contributed by atoms with Gasteiger partial charge < -0.3 is 24.2 Å². The van der Waals surface area contributed by atoms with Crippen molar-refractivity contribution in [1.82, 2.24) is 19.5 Å². The van der Waals surface area contributed by atoms with Crippen LogP contribution in [0.25, 0.3) is 11.2 Å². The Kier molecular flexibility index (Phi) is 4.58. The molecule has 9 nitrogen and oxygen atoms in total. The van der Waals surface area contributed by atoms with Crippen LogP contribution in [0.4, 0.5) is 10.2 Å². The second-order valence-electron chi connectivity index (χ2n) is 10.4. The van der Waals surface area contributed by atoms with E-state index in [-0.39, 0.29) is 23.1 Å². The number of benzene rings is 1. The number of aliphatic hydroxyl groups excluding tert-OH is 1. The molecule has 4 atom stereocenters. The largest absolute Gasteiger partial charge is 0.394 e. The quantitative estimate of drug-likeness (QED) is 0.547. The highest BCUT2D eigenvalue weighted by Crippen LogP contribution is 2.49. The lowest BCUT2D eigenvalue weighted by Crippen LogP contribution is -2.58. The molecule has 1 N–H and O–H groups in total. The van der Waals surface area contributed by atoms with Gasteiger partial charge in [-0.05, 0) is 55.5 Å². The molecule has 35 heavy (non-hydrogen) atoms. The molecular weight excluding hydrogens is 477 g/mol. The maximum atomic E-state index is 14.3. The summed E-state index contributed by atoms with van der Waals surface area (Å²) in [5.74, 6) is -0.269. The number of hydrogen-bond donors (Lipinski definition) is 1. The Morgan fingerprint density at radius 1 is 1.20 bits per heavy atom. The zero-order valence-electron chi connectivity index (χ0n) is 19.3. The van der Waals surface area contributed by atoms with Gasteiger partial charge in [-0.3, -0.25) is 4.57 Å². The summed E-state index contributed by atoms with van der Waals surface area (Å²) >= 11 is 6.37. The van der Waals surface area contributed by atoms with Gasteiger partial charge in [-0.1, -0.05) is 12.1 Å². The van der Waals surface area contributed by atoms with E-state index in [4.69, 9.17) is 25.8 Å². The summed E-state index contributed by atoms with van der Waals surface area (Å²) in [5.41, 5.74) is 2.97. The van der Waals surface area contributed by atoms with Crippen LogP contribution >= 0.6 is 11.6 Å². The van der Waals surface area contributed by atoms with Gasteiger partial charge in [0.1, 0.15) is 24.1 Å². The van der Waals surface area contributed by atoms with E-state index in [1.54, 1.807) is 17.0 Å². The Labute approximate surface area is 205 Å². The number of hydrogen-bond acceptors (Lipinski definition) is 8. The first kappa shape index (κ1) is 21.9. The normalized spacial score (nSPS) is 30.1. The van der Waals surface area contributed by atoms with E-state index in [9.17, 15) is 9.50 Å². The highest BCUT2D eigenvalue weighted by molar-refractivity contribution is 6.28. The number of fused-ring (bicyclic) bond motifs is 4. The van der Waals surface area contributed by atoms with Gasteiger partial charge in [0.05, 0.1) is 12.9 Å². The molecule has 1 aliphatic carbocycles. The number of nitrogens with zero attached hydrogens (tertiary/aromatic N) is 5. The highest BCUT2D eigenvalue weighted by Gasteiger charge is 2.56. The van der Waals surface area contributed by atoms with Gasteiger partial charge in [0, 0.05) is 18.5 Å². The van der Waals surface area contributed by atoms with Crippen LogP contribution in [0.15, 0.2) is 24.5 Å². The fourth-order valence-electron chi connectivity index (χ4n) is 6.28. The first-order valence-electron chi connectivity index (χ1n) is 11.8. The van der Waals surface area contributed by atoms with E-state index >= 15 is 0 Å². The second kappa shape index (κ2) is 7.33. The molecule has 0 saturated carbocycles. The van der Waals surface area contributed by atoms with E-state index in [0.29, 0.717) is 30.1 Å².